The molecule has 0 N–H and O–H groups in total. The summed E-state index contributed by atoms with van der Waals surface area (Å²) in [6, 6.07) is 11.3. The molecule has 2 fully saturated rings. The lowest BCUT2D eigenvalue weighted by atomic mass is 10.1. The van der Waals surface area contributed by atoms with Gasteiger partial charge in [0.15, 0.2) is 0 Å². The minimum absolute atomic E-state index is 0.0117. The predicted molar refractivity (Wildman–Crippen MR) is 83.9 cm³/mol. The summed E-state index contributed by atoms with van der Waals surface area (Å²) in [4.78, 5) is 19.3. The van der Waals surface area contributed by atoms with Crippen LogP contribution in [0, 0.1) is 0 Å². The summed E-state index contributed by atoms with van der Waals surface area (Å²) in [6.45, 7) is 4.79. The molecule has 0 unspecified atom stereocenters. The van der Waals surface area contributed by atoms with Crippen LogP contribution in [0.4, 0.5) is 0 Å². The first-order valence-electron chi connectivity index (χ1n) is 7.81. The second-order valence-corrected chi connectivity index (χ2v) is 6.59. The first kappa shape index (κ1) is 14.5. The van der Waals surface area contributed by atoms with Crippen LogP contribution in [-0.4, -0.2) is 65.9 Å². The largest absolute Gasteiger partial charge is 0.335 e. The monoisotopic (exact) mass is 287 g/mol. The van der Waals surface area contributed by atoms with Gasteiger partial charge in [-0.3, -0.25) is 9.69 Å². The van der Waals surface area contributed by atoms with Crippen LogP contribution in [0.15, 0.2) is 30.3 Å². The fraction of sp³-hybridized carbons (Fsp3) is 0.588. The molecule has 21 heavy (non-hydrogen) atoms. The summed E-state index contributed by atoms with van der Waals surface area (Å²) in [7, 11) is 4.22. The zero-order chi connectivity index (χ0) is 15.0. The van der Waals surface area contributed by atoms with Crippen molar-refractivity contribution >= 4 is 5.91 Å². The van der Waals surface area contributed by atoms with Crippen molar-refractivity contribution in [3.05, 3.63) is 35.9 Å². The summed E-state index contributed by atoms with van der Waals surface area (Å²) in [6.07, 6.45) is 1.09. The van der Waals surface area contributed by atoms with Gasteiger partial charge >= 0.3 is 0 Å². The highest BCUT2D eigenvalue weighted by Gasteiger charge is 2.43. The Bertz CT molecular complexity index is 502. The van der Waals surface area contributed by atoms with Crippen LogP contribution in [0.2, 0.25) is 0 Å². The van der Waals surface area contributed by atoms with E-state index in [0.717, 1.165) is 26.1 Å². The Morgan fingerprint density at radius 1 is 1.19 bits per heavy atom. The highest BCUT2D eigenvalue weighted by Crippen LogP contribution is 2.28. The topological polar surface area (TPSA) is 26.8 Å². The Kier molecular flexibility index (Phi) is 4.00. The van der Waals surface area contributed by atoms with E-state index in [1.807, 2.05) is 13.0 Å². The first-order chi connectivity index (χ1) is 10.1. The molecule has 4 heteroatoms. The zero-order valence-corrected chi connectivity index (χ0v) is 13.2. The lowest BCUT2D eigenvalue weighted by Crippen LogP contribution is -2.58. The lowest BCUT2D eigenvalue weighted by molar-refractivity contribution is -0.143. The molecule has 1 amide bonds. The van der Waals surface area contributed by atoms with E-state index >= 15 is 0 Å². The van der Waals surface area contributed by atoms with Gasteiger partial charge in [0.2, 0.25) is 5.91 Å². The van der Waals surface area contributed by atoms with E-state index in [1.165, 1.54) is 5.56 Å². The van der Waals surface area contributed by atoms with E-state index in [2.05, 4.69) is 53.1 Å². The number of hydrogen-bond donors (Lipinski definition) is 0. The highest BCUT2D eigenvalue weighted by atomic mass is 16.2. The van der Waals surface area contributed by atoms with Crippen molar-refractivity contribution < 1.29 is 4.79 Å². The van der Waals surface area contributed by atoms with Crippen LogP contribution in [-0.2, 0) is 11.3 Å². The predicted octanol–water partition coefficient (Wildman–Crippen LogP) is 1.42. The normalized spacial score (nSPS) is 30.0. The van der Waals surface area contributed by atoms with E-state index in [4.69, 9.17) is 0 Å². The van der Waals surface area contributed by atoms with Gasteiger partial charge in [0.05, 0.1) is 6.04 Å². The lowest BCUT2D eigenvalue weighted by Gasteiger charge is -2.41. The van der Waals surface area contributed by atoms with Gasteiger partial charge in [-0.25, -0.2) is 0 Å². The SMILES string of the molecule is C[C@H]1C(=O)N2C[C@@H](N(C)C)C[C@H]2CN1Cc1ccccc1. The molecule has 0 bridgehead atoms. The third-order valence-electron chi connectivity index (χ3n) is 4.98. The number of hydrogen-bond acceptors (Lipinski definition) is 3. The molecule has 2 aliphatic heterocycles. The van der Waals surface area contributed by atoms with E-state index in [1.54, 1.807) is 0 Å². The second kappa shape index (κ2) is 5.78. The first-order valence-corrected chi connectivity index (χ1v) is 7.81. The Hall–Kier alpha value is -1.39. The molecular formula is C17H25N3O. The molecule has 2 saturated heterocycles. The number of carbonyl (C=O) groups excluding carboxylic acids is 1. The minimum atomic E-state index is -0.0117. The maximum atomic E-state index is 12.6. The number of nitrogens with zero attached hydrogens (tertiary/aromatic N) is 3. The summed E-state index contributed by atoms with van der Waals surface area (Å²) < 4.78 is 0. The molecule has 0 spiro atoms. The number of amides is 1. The minimum Gasteiger partial charge on any atom is -0.335 e. The third-order valence-corrected chi connectivity index (χ3v) is 4.98. The van der Waals surface area contributed by atoms with Crippen molar-refractivity contribution in [2.75, 3.05) is 27.2 Å². The molecule has 1 aromatic rings. The summed E-state index contributed by atoms with van der Waals surface area (Å²) in [5, 5.41) is 0. The quantitative estimate of drug-likeness (QED) is 0.841. The number of likely N-dealkylation sites (N-methyl/N-ethyl adjacent to an activating group) is 1. The van der Waals surface area contributed by atoms with Crippen molar-refractivity contribution in [2.24, 2.45) is 0 Å². The van der Waals surface area contributed by atoms with Gasteiger partial charge in [0.25, 0.3) is 0 Å². The van der Waals surface area contributed by atoms with E-state index in [-0.39, 0.29) is 6.04 Å². The average molecular weight is 287 g/mol. The molecule has 0 saturated carbocycles. The number of benzene rings is 1. The molecule has 3 rings (SSSR count). The number of piperazine rings is 1. The standard InChI is InChI=1S/C17H25N3O/c1-13-17(21)20-12-15(18(2)3)9-16(20)11-19(13)10-14-7-5-4-6-8-14/h4-8,13,15-16H,9-12H2,1-3H3/t13-,15-,16-/m0/s1. The molecule has 2 heterocycles. The molecule has 2 aliphatic rings. The number of carbonyl (C=O) groups is 1. The van der Waals surface area contributed by atoms with Crippen LogP contribution in [0.3, 0.4) is 0 Å². The number of rotatable bonds is 3. The van der Waals surface area contributed by atoms with Gasteiger partial charge in [-0.2, -0.15) is 0 Å². The van der Waals surface area contributed by atoms with Crippen LogP contribution in [0.1, 0.15) is 18.9 Å². The van der Waals surface area contributed by atoms with Crippen LogP contribution >= 0.6 is 0 Å². The van der Waals surface area contributed by atoms with Gasteiger partial charge in [0, 0.05) is 31.7 Å². The Balaban J connectivity index is 1.72. The molecule has 0 radical (unpaired) electrons. The van der Waals surface area contributed by atoms with Crippen molar-refractivity contribution in [2.45, 2.75) is 38.0 Å². The van der Waals surface area contributed by atoms with Crippen molar-refractivity contribution in [3.8, 4) is 0 Å². The molecule has 114 valence electrons. The van der Waals surface area contributed by atoms with Crippen LogP contribution < -0.4 is 0 Å². The highest BCUT2D eigenvalue weighted by molar-refractivity contribution is 5.83. The van der Waals surface area contributed by atoms with Crippen molar-refractivity contribution in [1.82, 2.24) is 14.7 Å². The fourth-order valence-corrected chi connectivity index (χ4v) is 3.55. The maximum Gasteiger partial charge on any atom is 0.240 e. The number of fused-ring (bicyclic) bond motifs is 1. The zero-order valence-electron chi connectivity index (χ0n) is 13.2. The van der Waals surface area contributed by atoms with Gasteiger partial charge in [-0.05, 0) is 33.0 Å². The summed E-state index contributed by atoms with van der Waals surface area (Å²) in [5.41, 5.74) is 1.28. The molecule has 1 aromatic carbocycles. The Labute approximate surface area is 127 Å². The molecule has 0 aliphatic carbocycles. The van der Waals surface area contributed by atoms with Gasteiger partial charge in [0.1, 0.15) is 0 Å². The average Bonchev–Trinajstić information content (AvgIpc) is 2.90. The fourth-order valence-electron chi connectivity index (χ4n) is 3.55. The van der Waals surface area contributed by atoms with E-state index < -0.39 is 0 Å². The molecular weight excluding hydrogens is 262 g/mol. The Morgan fingerprint density at radius 3 is 2.57 bits per heavy atom. The smallest absolute Gasteiger partial charge is 0.240 e. The van der Waals surface area contributed by atoms with Crippen molar-refractivity contribution in [1.29, 1.82) is 0 Å². The van der Waals surface area contributed by atoms with Gasteiger partial charge in [-0.1, -0.05) is 30.3 Å². The summed E-state index contributed by atoms with van der Waals surface area (Å²) >= 11 is 0. The maximum absolute atomic E-state index is 12.6. The Morgan fingerprint density at radius 2 is 1.90 bits per heavy atom. The van der Waals surface area contributed by atoms with Crippen LogP contribution in [0.25, 0.3) is 0 Å². The van der Waals surface area contributed by atoms with Gasteiger partial charge in [-0.15, -0.1) is 0 Å². The summed E-state index contributed by atoms with van der Waals surface area (Å²) in [5.74, 6) is 0.298. The molecule has 3 atom stereocenters. The molecule has 0 aromatic heterocycles. The molecule has 4 nitrogen and oxygen atoms in total. The van der Waals surface area contributed by atoms with Gasteiger partial charge < -0.3 is 9.80 Å². The van der Waals surface area contributed by atoms with E-state index in [0.29, 0.717) is 18.0 Å². The second-order valence-electron chi connectivity index (χ2n) is 6.59. The van der Waals surface area contributed by atoms with Crippen molar-refractivity contribution in [3.63, 3.8) is 0 Å². The van der Waals surface area contributed by atoms with Crippen LogP contribution in [0.5, 0.6) is 0 Å². The third kappa shape index (κ3) is 2.83. The van der Waals surface area contributed by atoms with E-state index in [9.17, 15) is 4.79 Å².